The van der Waals surface area contributed by atoms with Crippen molar-refractivity contribution in [3.05, 3.63) is 30.1 Å². The van der Waals surface area contributed by atoms with Crippen molar-refractivity contribution in [2.75, 3.05) is 12.0 Å². The summed E-state index contributed by atoms with van der Waals surface area (Å²) in [6.07, 6.45) is 3.00. The molecule has 0 spiro atoms. The highest BCUT2D eigenvalue weighted by Crippen LogP contribution is 2.33. The molecule has 1 atom stereocenters. The third-order valence-electron chi connectivity index (χ3n) is 3.65. The van der Waals surface area contributed by atoms with Gasteiger partial charge in [-0.15, -0.1) is 11.8 Å². The summed E-state index contributed by atoms with van der Waals surface area (Å²) >= 11 is 1.80. The molecule has 1 aromatic carbocycles. The average molecular weight is 286 g/mol. The molecule has 2 aromatic heterocycles. The van der Waals surface area contributed by atoms with Gasteiger partial charge in [-0.1, -0.05) is 25.1 Å². The minimum Gasteiger partial charge on any atom is -0.382 e. The van der Waals surface area contributed by atoms with Crippen LogP contribution in [-0.4, -0.2) is 20.8 Å². The molecule has 3 aromatic rings. The summed E-state index contributed by atoms with van der Waals surface area (Å²) in [5, 5.41) is 1.44. The third-order valence-corrected chi connectivity index (χ3v) is 4.54. The molecule has 1 unspecified atom stereocenters. The van der Waals surface area contributed by atoms with E-state index in [9.17, 15) is 0 Å². The summed E-state index contributed by atoms with van der Waals surface area (Å²) in [5.41, 5.74) is 8.96. The Morgan fingerprint density at radius 2 is 2.05 bits per heavy atom. The number of hydrogen-bond acceptors (Lipinski definition) is 4. The van der Waals surface area contributed by atoms with E-state index in [0.29, 0.717) is 11.2 Å². The van der Waals surface area contributed by atoms with Crippen molar-refractivity contribution in [3.63, 3.8) is 0 Å². The Morgan fingerprint density at radius 1 is 1.30 bits per heavy atom. The number of fused-ring (bicyclic) bond motifs is 3. The number of hydrogen-bond donors (Lipinski definition) is 1. The number of nitrogens with two attached hydrogens (primary N) is 1. The summed E-state index contributed by atoms with van der Waals surface area (Å²) in [7, 11) is 0. The number of thioether (sulfide) groups is 1. The molecule has 0 amide bonds. The van der Waals surface area contributed by atoms with Crippen LogP contribution in [0.25, 0.3) is 21.9 Å². The van der Waals surface area contributed by atoms with E-state index in [1.54, 1.807) is 11.8 Å². The molecule has 0 aliphatic rings. The van der Waals surface area contributed by atoms with E-state index in [4.69, 9.17) is 10.7 Å². The number of imidazole rings is 1. The first-order valence-electron chi connectivity index (χ1n) is 6.75. The molecule has 0 aliphatic heterocycles. The monoisotopic (exact) mass is 286 g/mol. The molecule has 20 heavy (non-hydrogen) atoms. The number of rotatable bonds is 3. The van der Waals surface area contributed by atoms with E-state index in [1.807, 2.05) is 18.2 Å². The Labute approximate surface area is 122 Å². The normalized spacial score (nSPS) is 13.2. The highest BCUT2D eigenvalue weighted by molar-refractivity contribution is 7.98. The van der Waals surface area contributed by atoms with Gasteiger partial charge in [-0.25, -0.2) is 9.97 Å². The van der Waals surface area contributed by atoms with Crippen molar-refractivity contribution in [1.29, 1.82) is 0 Å². The van der Waals surface area contributed by atoms with Crippen LogP contribution < -0.4 is 5.73 Å². The number of aromatic nitrogens is 3. The lowest BCUT2D eigenvalue weighted by molar-refractivity contribution is 0.710. The maximum absolute atomic E-state index is 6.11. The van der Waals surface area contributed by atoms with Crippen LogP contribution in [0.4, 0.5) is 5.82 Å². The minimum absolute atomic E-state index is 0.320. The van der Waals surface area contributed by atoms with Gasteiger partial charge in [0, 0.05) is 11.8 Å². The van der Waals surface area contributed by atoms with E-state index in [-0.39, 0.29) is 0 Å². The highest BCUT2D eigenvalue weighted by atomic mass is 32.2. The van der Waals surface area contributed by atoms with Crippen LogP contribution in [0, 0.1) is 0 Å². The van der Waals surface area contributed by atoms with Gasteiger partial charge in [0.2, 0.25) is 0 Å². The molecule has 0 radical (unpaired) electrons. The van der Waals surface area contributed by atoms with Crippen LogP contribution >= 0.6 is 11.8 Å². The maximum atomic E-state index is 6.11. The first-order chi connectivity index (χ1) is 9.67. The van der Waals surface area contributed by atoms with Crippen molar-refractivity contribution < 1.29 is 0 Å². The smallest absolute Gasteiger partial charge is 0.152 e. The quantitative estimate of drug-likeness (QED) is 0.799. The second-order valence-electron chi connectivity index (χ2n) is 4.80. The predicted octanol–water partition coefficient (Wildman–Crippen LogP) is 3.61. The first kappa shape index (κ1) is 13.2. The lowest BCUT2D eigenvalue weighted by Gasteiger charge is -2.15. The summed E-state index contributed by atoms with van der Waals surface area (Å²) < 4.78 is 2.29. The van der Waals surface area contributed by atoms with E-state index >= 15 is 0 Å². The number of benzene rings is 1. The molecular formula is C15H18N4S. The maximum Gasteiger partial charge on any atom is 0.152 e. The van der Waals surface area contributed by atoms with Gasteiger partial charge < -0.3 is 10.3 Å². The fourth-order valence-electron chi connectivity index (χ4n) is 2.62. The molecule has 0 saturated carbocycles. The van der Waals surface area contributed by atoms with Crippen molar-refractivity contribution in [2.45, 2.75) is 25.6 Å². The zero-order chi connectivity index (χ0) is 14.3. The van der Waals surface area contributed by atoms with E-state index < -0.39 is 0 Å². The third kappa shape index (κ3) is 1.85. The fourth-order valence-corrected chi connectivity index (χ4v) is 3.05. The Hall–Kier alpha value is -1.75. The van der Waals surface area contributed by atoms with E-state index in [2.05, 4.69) is 35.7 Å². The van der Waals surface area contributed by atoms with Gasteiger partial charge >= 0.3 is 0 Å². The van der Waals surface area contributed by atoms with Crippen LogP contribution in [0.15, 0.2) is 24.3 Å². The number of para-hydroxylation sites is 1. The zero-order valence-electron chi connectivity index (χ0n) is 11.9. The van der Waals surface area contributed by atoms with E-state index in [0.717, 1.165) is 34.2 Å². The number of aryl methyl sites for hydroxylation is 1. The minimum atomic E-state index is 0.320. The lowest BCUT2D eigenvalue weighted by atomic mass is 10.2. The molecule has 2 N–H and O–H groups in total. The van der Waals surface area contributed by atoms with Gasteiger partial charge in [0.05, 0.1) is 16.4 Å². The van der Waals surface area contributed by atoms with Gasteiger partial charge in [-0.05, 0) is 19.2 Å². The fraction of sp³-hybridized carbons (Fsp3) is 0.333. The Balaban J connectivity index is 2.51. The molecule has 0 saturated heterocycles. The number of pyridine rings is 1. The summed E-state index contributed by atoms with van der Waals surface area (Å²) in [6, 6.07) is 8.11. The topological polar surface area (TPSA) is 56.7 Å². The average Bonchev–Trinajstić information content (AvgIpc) is 2.87. The first-order valence-corrected chi connectivity index (χ1v) is 8.04. The summed E-state index contributed by atoms with van der Waals surface area (Å²) in [6.45, 7) is 4.31. The van der Waals surface area contributed by atoms with Crippen LogP contribution in [0.5, 0.6) is 0 Å². The molecule has 5 heteroatoms. The second kappa shape index (κ2) is 4.98. The zero-order valence-corrected chi connectivity index (χ0v) is 12.7. The summed E-state index contributed by atoms with van der Waals surface area (Å²) in [4.78, 5) is 9.18. The SMILES string of the molecule is CCc1nc2c(N)nc3ccccc3c2n1C(C)SC. The lowest BCUT2D eigenvalue weighted by Crippen LogP contribution is -2.06. The molecule has 0 fully saturated rings. The Morgan fingerprint density at radius 3 is 2.75 bits per heavy atom. The molecule has 2 heterocycles. The molecule has 0 bridgehead atoms. The number of nitrogens with zero attached hydrogens (tertiary/aromatic N) is 3. The summed E-state index contributed by atoms with van der Waals surface area (Å²) in [5.74, 6) is 1.58. The van der Waals surface area contributed by atoms with Crippen molar-refractivity contribution in [2.24, 2.45) is 0 Å². The van der Waals surface area contributed by atoms with Gasteiger partial charge in [0.15, 0.2) is 5.82 Å². The number of nitrogen functional groups attached to an aromatic ring is 1. The van der Waals surface area contributed by atoms with Crippen molar-refractivity contribution in [3.8, 4) is 0 Å². The molecule has 0 aliphatic carbocycles. The molecular weight excluding hydrogens is 268 g/mol. The number of anilines is 1. The van der Waals surface area contributed by atoms with Gasteiger partial charge in [0.1, 0.15) is 11.3 Å². The van der Waals surface area contributed by atoms with Crippen LogP contribution in [0.2, 0.25) is 0 Å². The molecule has 104 valence electrons. The Bertz CT molecular complexity index is 778. The Kier molecular flexibility index (Phi) is 3.30. The predicted molar refractivity (Wildman–Crippen MR) is 87.1 cm³/mol. The van der Waals surface area contributed by atoms with Gasteiger partial charge in [-0.3, -0.25) is 0 Å². The standard InChI is InChI=1S/C15H18N4S/c1-4-12-18-13-14(19(12)9(2)20-3)10-7-5-6-8-11(10)17-15(13)16/h5-9H,4H2,1-3H3,(H2,16,17). The van der Waals surface area contributed by atoms with Gasteiger partial charge in [-0.2, -0.15) is 0 Å². The highest BCUT2D eigenvalue weighted by Gasteiger charge is 2.19. The van der Waals surface area contributed by atoms with Crippen LogP contribution in [-0.2, 0) is 6.42 Å². The molecule has 3 rings (SSSR count). The van der Waals surface area contributed by atoms with Crippen LogP contribution in [0.1, 0.15) is 25.0 Å². The van der Waals surface area contributed by atoms with Crippen LogP contribution in [0.3, 0.4) is 0 Å². The van der Waals surface area contributed by atoms with E-state index in [1.165, 1.54) is 0 Å². The van der Waals surface area contributed by atoms with Gasteiger partial charge in [0.25, 0.3) is 0 Å². The second-order valence-corrected chi connectivity index (χ2v) is 5.95. The van der Waals surface area contributed by atoms with Crippen molar-refractivity contribution >= 4 is 39.5 Å². The van der Waals surface area contributed by atoms with Crippen molar-refractivity contribution in [1.82, 2.24) is 14.5 Å². The molecule has 4 nitrogen and oxygen atoms in total. The largest absolute Gasteiger partial charge is 0.382 e.